The Balaban J connectivity index is 2.34. The molecule has 2 heterocycles. The SMILES string of the molecule is O=C1NC2=C(CC1I)N=CCC=C2. The highest BCUT2D eigenvalue weighted by Crippen LogP contribution is 2.23. The van der Waals surface area contributed by atoms with E-state index in [2.05, 4.69) is 32.9 Å². The van der Waals surface area contributed by atoms with Crippen molar-refractivity contribution in [3.8, 4) is 0 Å². The third-order valence-corrected chi connectivity index (χ3v) is 3.01. The molecule has 3 nitrogen and oxygen atoms in total. The summed E-state index contributed by atoms with van der Waals surface area (Å²) in [5.74, 6) is 0.0844. The van der Waals surface area contributed by atoms with Crippen LogP contribution in [0.4, 0.5) is 0 Å². The number of rotatable bonds is 0. The third-order valence-electron chi connectivity index (χ3n) is 2.00. The van der Waals surface area contributed by atoms with Crippen molar-refractivity contribution in [2.45, 2.75) is 16.8 Å². The van der Waals surface area contributed by atoms with E-state index in [9.17, 15) is 4.79 Å². The second kappa shape index (κ2) is 3.61. The van der Waals surface area contributed by atoms with Gasteiger partial charge in [-0.05, 0) is 6.08 Å². The molecule has 2 aliphatic heterocycles. The molecule has 1 amide bonds. The Hall–Kier alpha value is -0.650. The molecule has 13 heavy (non-hydrogen) atoms. The predicted octanol–water partition coefficient (Wildman–Crippen LogP) is 1.55. The molecule has 0 bridgehead atoms. The van der Waals surface area contributed by atoms with Crippen molar-refractivity contribution in [2.24, 2.45) is 4.99 Å². The van der Waals surface area contributed by atoms with Crippen LogP contribution in [0.15, 0.2) is 28.5 Å². The summed E-state index contributed by atoms with van der Waals surface area (Å²) in [6.07, 6.45) is 7.39. The van der Waals surface area contributed by atoms with Crippen molar-refractivity contribution in [1.82, 2.24) is 5.32 Å². The maximum absolute atomic E-state index is 11.3. The molecule has 0 aromatic carbocycles. The molecule has 0 saturated heterocycles. The van der Waals surface area contributed by atoms with Crippen LogP contribution in [-0.4, -0.2) is 16.0 Å². The molecule has 0 aromatic heterocycles. The summed E-state index contributed by atoms with van der Waals surface area (Å²) in [6.45, 7) is 0. The summed E-state index contributed by atoms with van der Waals surface area (Å²) in [6, 6.07) is 0. The average Bonchev–Trinajstić information content (AvgIpc) is 2.31. The molecule has 0 saturated carbocycles. The Morgan fingerprint density at radius 3 is 3.31 bits per heavy atom. The quantitative estimate of drug-likeness (QED) is 0.533. The molecule has 0 radical (unpaired) electrons. The fourth-order valence-electron chi connectivity index (χ4n) is 1.33. The van der Waals surface area contributed by atoms with Crippen LogP contribution in [0.1, 0.15) is 12.8 Å². The van der Waals surface area contributed by atoms with Crippen molar-refractivity contribution < 1.29 is 4.79 Å². The minimum absolute atomic E-state index is 0.0139. The molecular weight excluding hydrogens is 279 g/mol. The van der Waals surface area contributed by atoms with Gasteiger partial charge >= 0.3 is 0 Å². The summed E-state index contributed by atoms with van der Waals surface area (Å²) in [7, 11) is 0. The second-order valence-corrected chi connectivity index (χ2v) is 4.47. The summed E-state index contributed by atoms with van der Waals surface area (Å²) in [4.78, 5) is 15.6. The fraction of sp³-hybridized carbons (Fsp3) is 0.333. The van der Waals surface area contributed by atoms with E-state index in [-0.39, 0.29) is 9.83 Å². The normalized spacial score (nSPS) is 26.8. The van der Waals surface area contributed by atoms with Gasteiger partial charge in [0.25, 0.3) is 0 Å². The number of amides is 1. The van der Waals surface area contributed by atoms with Gasteiger partial charge in [-0.25, -0.2) is 0 Å². The summed E-state index contributed by atoms with van der Waals surface area (Å²) in [5.41, 5.74) is 1.86. The van der Waals surface area contributed by atoms with Gasteiger partial charge in [0, 0.05) is 19.1 Å². The lowest BCUT2D eigenvalue weighted by atomic mass is 10.1. The topological polar surface area (TPSA) is 41.5 Å². The van der Waals surface area contributed by atoms with E-state index >= 15 is 0 Å². The maximum Gasteiger partial charge on any atom is 0.237 e. The number of halogens is 1. The number of carbonyl (C=O) groups is 1. The van der Waals surface area contributed by atoms with E-state index in [4.69, 9.17) is 0 Å². The lowest BCUT2D eigenvalue weighted by Gasteiger charge is -2.19. The molecule has 1 N–H and O–H groups in total. The molecule has 0 aliphatic carbocycles. The molecule has 68 valence electrons. The Kier molecular flexibility index (Phi) is 2.48. The van der Waals surface area contributed by atoms with Crippen LogP contribution >= 0.6 is 22.6 Å². The Bertz CT molecular complexity index is 331. The van der Waals surface area contributed by atoms with Gasteiger partial charge in [-0.15, -0.1) is 0 Å². The van der Waals surface area contributed by atoms with Gasteiger partial charge in [-0.3, -0.25) is 9.79 Å². The van der Waals surface area contributed by atoms with Crippen LogP contribution in [-0.2, 0) is 4.79 Å². The number of nitrogens with zero attached hydrogens (tertiary/aromatic N) is 1. The van der Waals surface area contributed by atoms with E-state index in [1.54, 1.807) is 0 Å². The first kappa shape index (κ1) is 8.93. The van der Waals surface area contributed by atoms with E-state index in [0.717, 1.165) is 24.2 Å². The van der Waals surface area contributed by atoms with Crippen LogP contribution < -0.4 is 5.32 Å². The average molecular weight is 288 g/mol. The summed E-state index contributed by atoms with van der Waals surface area (Å²) >= 11 is 2.14. The predicted molar refractivity (Wildman–Crippen MR) is 59.8 cm³/mol. The second-order valence-electron chi connectivity index (χ2n) is 2.97. The maximum atomic E-state index is 11.3. The molecule has 0 fully saturated rings. The van der Waals surface area contributed by atoms with Crippen LogP contribution in [0.5, 0.6) is 0 Å². The lowest BCUT2D eigenvalue weighted by molar-refractivity contribution is -0.119. The highest BCUT2D eigenvalue weighted by Gasteiger charge is 2.24. The van der Waals surface area contributed by atoms with Crippen molar-refractivity contribution in [2.75, 3.05) is 0 Å². The van der Waals surface area contributed by atoms with Gasteiger partial charge in [0.15, 0.2) is 0 Å². The highest BCUT2D eigenvalue weighted by atomic mass is 127. The Morgan fingerprint density at radius 1 is 1.62 bits per heavy atom. The number of aliphatic imine (C=N–C) groups is 1. The molecule has 1 unspecified atom stereocenters. The van der Waals surface area contributed by atoms with Crippen LogP contribution in [0.3, 0.4) is 0 Å². The minimum atomic E-state index is 0.0139. The van der Waals surface area contributed by atoms with Crippen molar-refractivity contribution in [3.05, 3.63) is 23.5 Å². The van der Waals surface area contributed by atoms with E-state index in [1.807, 2.05) is 18.4 Å². The van der Waals surface area contributed by atoms with E-state index < -0.39 is 0 Å². The number of hydrogen-bond acceptors (Lipinski definition) is 2. The summed E-state index contributed by atoms with van der Waals surface area (Å²) in [5, 5.41) is 2.84. The van der Waals surface area contributed by atoms with Crippen molar-refractivity contribution in [3.63, 3.8) is 0 Å². The van der Waals surface area contributed by atoms with Crippen LogP contribution in [0.2, 0.25) is 0 Å². The smallest absolute Gasteiger partial charge is 0.237 e. The first-order valence-corrected chi connectivity index (χ1v) is 5.39. The molecule has 0 aromatic rings. The Morgan fingerprint density at radius 2 is 2.46 bits per heavy atom. The standard InChI is InChI=1S/C9H9IN2O/c10-6-5-8-7(12-9(6)13)3-1-2-4-11-8/h1,3-4,6H,2,5H2,(H,12,13). The van der Waals surface area contributed by atoms with Gasteiger partial charge in [-0.2, -0.15) is 0 Å². The van der Waals surface area contributed by atoms with Crippen molar-refractivity contribution >= 4 is 34.7 Å². The first-order chi connectivity index (χ1) is 6.27. The van der Waals surface area contributed by atoms with Gasteiger partial charge < -0.3 is 5.32 Å². The van der Waals surface area contributed by atoms with Gasteiger partial charge in [0.1, 0.15) is 0 Å². The monoisotopic (exact) mass is 288 g/mol. The van der Waals surface area contributed by atoms with E-state index in [1.165, 1.54) is 0 Å². The molecule has 0 spiro atoms. The van der Waals surface area contributed by atoms with E-state index in [0.29, 0.717) is 0 Å². The highest BCUT2D eigenvalue weighted by molar-refractivity contribution is 14.1. The number of allylic oxidation sites excluding steroid dienone is 3. The molecule has 2 rings (SSSR count). The molecular formula is C9H9IN2O. The largest absolute Gasteiger partial charge is 0.324 e. The Labute approximate surface area is 90.1 Å². The van der Waals surface area contributed by atoms with Crippen LogP contribution in [0, 0.1) is 0 Å². The zero-order valence-electron chi connectivity index (χ0n) is 6.96. The van der Waals surface area contributed by atoms with Gasteiger partial charge in [-0.1, -0.05) is 28.7 Å². The number of alkyl halides is 1. The zero-order valence-corrected chi connectivity index (χ0v) is 9.11. The number of carbonyl (C=O) groups excluding carboxylic acids is 1. The summed E-state index contributed by atoms with van der Waals surface area (Å²) < 4.78 is 0.0139. The van der Waals surface area contributed by atoms with Crippen molar-refractivity contribution in [1.29, 1.82) is 0 Å². The number of nitrogens with one attached hydrogen (secondary N) is 1. The first-order valence-electron chi connectivity index (χ1n) is 4.14. The van der Waals surface area contributed by atoms with Gasteiger partial charge in [0.2, 0.25) is 5.91 Å². The van der Waals surface area contributed by atoms with Crippen LogP contribution in [0.25, 0.3) is 0 Å². The van der Waals surface area contributed by atoms with Gasteiger partial charge in [0.05, 0.1) is 15.3 Å². The molecule has 2 aliphatic rings. The fourth-order valence-corrected chi connectivity index (χ4v) is 1.90. The third kappa shape index (κ3) is 1.82. The lowest BCUT2D eigenvalue weighted by Crippen LogP contribution is -2.35. The molecule has 4 heteroatoms. The minimum Gasteiger partial charge on any atom is -0.324 e. The number of hydrogen-bond donors (Lipinski definition) is 1. The molecule has 1 atom stereocenters. The zero-order chi connectivity index (χ0) is 9.26.